The minimum absolute atomic E-state index is 0.0144. The summed E-state index contributed by atoms with van der Waals surface area (Å²) in [4.78, 5) is 67.9. The molecular weight excluding hydrogens is 378 g/mol. The quantitative estimate of drug-likeness (QED) is 0.162. The van der Waals surface area contributed by atoms with Crippen molar-refractivity contribution < 1.29 is 39.0 Å². The molecule has 3 unspecified atom stereocenters. The molecule has 28 heavy (non-hydrogen) atoms. The zero-order valence-corrected chi connectivity index (χ0v) is 15.3. The van der Waals surface area contributed by atoms with E-state index in [9.17, 15) is 28.8 Å². The van der Waals surface area contributed by atoms with Crippen molar-refractivity contribution in [2.45, 2.75) is 50.7 Å². The summed E-state index contributed by atoms with van der Waals surface area (Å²) in [6.45, 7) is 0.637. The number of carboxylic acid groups (broad SMARTS) is 2. The number of carbonyl (C=O) groups is 6. The molecule has 0 fully saturated rings. The average Bonchev–Trinajstić information content (AvgIpc) is 2.60. The summed E-state index contributed by atoms with van der Waals surface area (Å²) in [7, 11) is 0. The second-order valence-electron chi connectivity index (χ2n) is 5.95. The summed E-state index contributed by atoms with van der Waals surface area (Å²) in [5.41, 5.74) is 10.5. The van der Waals surface area contributed by atoms with Crippen molar-refractivity contribution in [3.63, 3.8) is 0 Å². The van der Waals surface area contributed by atoms with Crippen LogP contribution in [0.25, 0.3) is 0 Å². The molecule has 0 aliphatic heterocycles. The molecule has 3 atom stereocenters. The second kappa shape index (κ2) is 12.2. The van der Waals surface area contributed by atoms with Gasteiger partial charge in [-0.15, -0.1) is 0 Å². The lowest BCUT2D eigenvalue weighted by Crippen LogP contribution is -2.53. The van der Waals surface area contributed by atoms with Gasteiger partial charge in [-0.25, -0.2) is 0 Å². The van der Waals surface area contributed by atoms with Crippen molar-refractivity contribution in [3.05, 3.63) is 0 Å². The molecule has 0 heterocycles. The zero-order chi connectivity index (χ0) is 21.9. The Morgan fingerprint density at radius 3 is 2.04 bits per heavy atom. The first-order valence-corrected chi connectivity index (χ1v) is 8.30. The molecule has 0 aliphatic carbocycles. The highest BCUT2D eigenvalue weighted by molar-refractivity contribution is 5.92. The number of hydrogen-bond donors (Lipinski definition) is 7. The summed E-state index contributed by atoms with van der Waals surface area (Å²) >= 11 is 0. The Labute approximate surface area is 160 Å². The average molecular weight is 403 g/mol. The number of carboxylic acids is 2. The van der Waals surface area contributed by atoms with Gasteiger partial charge in [-0.2, -0.15) is 0 Å². The van der Waals surface area contributed by atoms with Crippen molar-refractivity contribution >= 4 is 35.6 Å². The fourth-order valence-electron chi connectivity index (χ4n) is 1.89. The lowest BCUT2D eigenvalue weighted by molar-refractivity contribution is -0.142. The number of nitrogens with one attached hydrogen (secondary N) is 3. The van der Waals surface area contributed by atoms with Crippen LogP contribution in [-0.4, -0.2) is 70.5 Å². The standard InChI is InChI=1S/C15H25N5O8/c1-7(15(27)28)19-14(26)9(3-5-12(23)24)20-11(22)6-18-13(25)8(16)2-4-10(17)21/h7-9H,2-6,16H2,1H3,(H2,17,21)(H,18,25)(H,19,26)(H,20,22)(H,23,24)(H,27,28). The van der Waals surface area contributed by atoms with Gasteiger partial charge in [0.25, 0.3) is 0 Å². The van der Waals surface area contributed by atoms with Gasteiger partial charge in [-0.3, -0.25) is 28.8 Å². The minimum Gasteiger partial charge on any atom is -0.481 e. The Balaban J connectivity index is 4.70. The summed E-state index contributed by atoms with van der Waals surface area (Å²) in [5, 5.41) is 24.1. The van der Waals surface area contributed by atoms with Crippen LogP contribution in [0.15, 0.2) is 0 Å². The van der Waals surface area contributed by atoms with Crippen LogP contribution in [0.2, 0.25) is 0 Å². The molecular formula is C15H25N5O8. The van der Waals surface area contributed by atoms with E-state index in [2.05, 4.69) is 16.0 Å². The second-order valence-corrected chi connectivity index (χ2v) is 5.95. The molecule has 158 valence electrons. The number of rotatable bonds is 13. The Bertz CT molecular complexity index is 624. The van der Waals surface area contributed by atoms with E-state index in [1.807, 2.05) is 0 Å². The molecule has 0 saturated carbocycles. The normalized spacial score (nSPS) is 13.5. The van der Waals surface area contributed by atoms with Crippen molar-refractivity contribution in [1.82, 2.24) is 16.0 Å². The highest BCUT2D eigenvalue weighted by atomic mass is 16.4. The number of nitrogens with two attached hydrogens (primary N) is 2. The molecule has 0 aromatic carbocycles. The van der Waals surface area contributed by atoms with Crippen LogP contribution in [0.5, 0.6) is 0 Å². The number of carbonyl (C=O) groups excluding carboxylic acids is 4. The largest absolute Gasteiger partial charge is 0.481 e. The molecule has 0 rings (SSSR count). The third-order valence-electron chi connectivity index (χ3n) is 3.49. The van der Waals surface area contributed by atoms with E-state index >= 15 is 0 Å². The molecule has 0 aromatic heterocycles. The highest BCUT2D eigenvalue weighted by Crippen LogP contribution is 2.00. The van der Waals surface area contributed by atoms with Gasteiger partial charge in [0, 0.05) is 12.8 Å². The van der Waals surface area contributed by atoms with Crippen LogP contribution in [0.3, 0.4) is 0 Å². The van der Waals surface area contributed by atoms with Gasteiger partial charge in [0.05, 0.1) is 12.6 Å². The van der Waals surface area contributed by atoms with Crippen molar-refractivity contribution in [1.29, 1.82) is 0 Å². The van der Waals surface area contributed by atoms with Crippen molar-refractivity contribution in [2.75, 3.05) is 6.54 Å². The van der Waals surface area contributed by atoms with Crippen molar-refractivity contribution in [2.24, 2.45) is 11.5 Å². The molecule has 0 spiro atoms. The molecule has 0 saturated heterocycles. The maximum absolute atomic E-state index is 12.1. The number of amides is 4. The van der Waals surface area contributed by atoms with Crippen LogP contribution in [0.1, 0.15) is 32.6 Å². The Morgan fingerprint density at radius 1 is 0.929 bits per heavy atom. The summed E-state index contributed by atoms with van der Waals surface area (Å²) in [6, 6.07) is -3.63. The molecule has 9 N–H and O–H groups in total. The number of aliphatic carboxylic acids is 2. The van der Waals surface area contributed by atoms with Gasteiger partial charge >= 0.3 is 11.9 Å². The first-order chi connectivity index (χ1) is 12.9. The van der Waals surface area contributed by atoms with Crippen LogP contribution in [0, 0.1) is 0 Å². The van der Waals surface area contributed by atoms with E-state index in [4.69, 9.17) is 21.7 Å². The molecule has 0 bridgehead atoms. The predicted octanol–water partition coefficient (Wildman–Crippen LogP) is -3.37. The van der Waals surface area contributed by atoms with Gasteiger partial charge in [0.2, 0.25) is 23.6 Å². The van der Waals surface area contributed by atoms with E-state index in [0.717, 1.165) is 0 Å². The molecule has 0 aromatic rings. The fourth-order valence-corrected chi connectivity index (χ4v) is 1.89. The lowest BCUT2D eigenvalue weighted by atomic mass is 10.1. The smallest absolute Gasteiger partial charge is 0.325 e. The third-order valence-corrected chi connectivity index (χ3v) is 3.49. The predicted molar refractivity (Wildman–Crippen MR) is 93.5 cm³/mol. The first kappa shape index (κ1) is 24.8. The van der Waals surface area contributed by atoms with E-state index in [1.54, 1.807) is 0 Å². The minimum atomic E-state index is -1.31. The van der Waals surface area contributed by atoms with Crippen LogP contribution in [-0.2, 0) is 28.8 Å². The molecule has 0 radical (unpaired) electrons. The Kier molecular flexibility index (Phi) is 10.8. The Hall–Kier alpha value is -3.22. The maximum atomic E-state index is 12.1. The lowest BCUT2D eigenvalue weighted by Gasteiger charge is -2.20. The Morgan fingerprint density at radius 2 is 1.54 bits per heavy atom. The van der Waals surface area contributed by atoms with Gasteiger partial charge in [-0.05, 0) is 19.8 Å². The molecule has 13 heteroatoms. The molecule has 0 aliphatic rings. The van der Waals surface area contributed by atoms with Gasteiger partial charge in [0.15, 0.2) is 0 Å². The fraction of sp³-hybridized carbons (Fsp3) is 0.600. The van der Waals surface area contributed by atoms with E-state index in [-0.39, 0.29) is 19.3 Å². The van der Waals surface area contributed by atoms with Crippen molar-refractivity contribution in [3.8, 4) is 0 Å². The molecule has 13 nitrogen and oxygen atoms in total. The van der Waals surface area contributed by atoms with Gasteiger partial charge in [0.1, 0.15) is 12.1 Å². The molecule has 4 amide bonds. The highest BCUT2D eigenvalue weighted by Gasteiger charge is 2.25. The zero-order valence-electron chi connectivity index (χ0n) is 15.3. The van der Waals surface area contributed by atoms with Crippen LogP contribution in [0.4, 0.5) is 0 Å². The third kappa shape index (κ3) is 10.7. The van der Waals surface area contributed by atoms with E-state index in [0.29, 0.717) is 0 Å². The monoisotopic (exact) mass is 403 g/mol. The topological polar surface area (TPSA) is 231 Å². The van der Waals surface area contributed by atoms with Crippen LogP contribution < -0.4 is 27.4 Å². The number of primary amides is 1. The summed E-state index contributed by atoms with van der Waals surface area (Å²) < 4.78 is 0. The summed E-state index contributed by atoms with van der Waals surface area (Å²) in [5.74, 6) is -5.58. The summed E-state index contributed by atoms with van der Waals surface area (Å²) in [6.07, 6.45) is -0.866. The van der Waals surface area contributed by atoms with E-state index in [1.165, 1.54) is 6.92 Å². The maximum Gasteiger partial charge on any atom is 0.325 e. The van der Waals surface area contributed by atoms with Gasteiger partial charge in [-0.1, -0.05) is 0 Å². The SMILES string of the molecule is CC(NC(=O)C(CCC(=O)O)NC(=O)CNC(=O)C(N)CCC(N)=O)C(=O)O. The van der Waals surface area contributed by atoms with E-state index < -0.39 is 66.7 Å². The first-order valence-electron chi connectivity index (χ1n) is 8.30. The van der Waals surface area contributed by atoms with Gasteiger partial charge < -0.3 is 37.6 Å². The van der Waals surface area contributed by atoms with Crippen LogP contribution >= 0.6 is 0 Å². The number of hydrogen-bond acceptors (Lipinski definition) is 7.